The van der Waals surface area contributed by atoms with E-state index in [9.17, 15) is 4.79 Å². The van der Waals surface area contributed by atoms with Crippen LogP contribution in [0.2, 0.25) is 0 Å². The van der Waals surface area contributed by atoms with Gasteiger partial charge in [-0.3, -0.25) is 14.7 Å². The van der Waals surface area contributed by atoms with Gasteiger partial charge in [-0.2, -0.15) is 0 Å². The standard InChI is InChI=1S/C10H10N2OS.2C5H5.ClH.Ti/c1-7-3-2-4-8(5-7)12-9(13)6-11-10(12)14;2*1-2-4-5-3-1;;/h2-5H,6H2,1H3,(H,11,14);2*1-5H;1H;/q;;;;+4/p-2. The van der Waals surface area contributed by atoms with Crippen LogP contribution >= 0.6 is 9.30 Å². The first kappa shape index (κ1) is 23.6. The van der Waals surface area contributed by atoms with Gasteiger partial charge in [-0.1, -0.05) is 12.1 Å². The van der Waals surface area contributed by atoms with Crippen LogP contribution < -0.4 is 4.90 Å². The molecule has 4 rings (SSSR count). The second kappa shape index (κ2) is 14.6. The number of anilines is 1. The van der Waals surface area contributed by atoms with Gasteiger partial charge in [-0.15, -0.1) is 0 Å². The second-order valence-electron chi connectivity index (χ2n) is 5.09. The Kier molecular flexibility index (Phi) is 13.3. The number of nitrogens with zero attached hydrogens (tertiary/aromatic N) is 2. The van der Waals surface area contributed by atoms with Crippen LogP contribution in [0.4, 0.5) is 5.69 Å². The number of benzene rings is 1. The van der Waals surface area contributed by atoms with Gasteiger partial charge in [-0.05, 0) is 94.0 Å². The zero-order chi connectivity index (χ0) is 19.2. The van der Waals surface area contributed by atoms with Crippen LogP contribution in [-0.4, -0.2) is 17.6 Å². The third kappa shape index (κ3) is 8.99. The Hall–Kier alpha value is -0.416. The molecule has 0 aromatic heterocycles. The summed E-state index contributed by atoms with van der Waals surface area (Å²) in [5.41, 5.74) is 1.91. The van der Waals surface area contributed by atoms with E-state index in [-0.39, 0.29) is 12.5 Å². The van der Waals surface area contributed by atoms with Crippen LogP contribution in [0.15, 0.2) is 29.3 Å². The van der Waals surface area contributed by atoms with Crippen LogP contribution in [0.5, 0.6) is 0 Å². The first-order valence-corrected chi connectivity index (χ1v) is 10.4. The Morgan fingerprint density at radius 3 is 1.77 bits per heavy atom. The van der Waals surface area contributed by atoms with Gasteiger partial charge in [0.15, 0.2) is 0 Å². The summed E-state index contributed by atoms with van der Waals surface area (Å²) in [5.74, 6) is -0.0550. The second-order valence-corrected chi connectivity index (χ2v) is 5.46. The monoisotopic (exact) mass is 418 g/mol. The van der Waals surface area contributed by atoms with E-state index in [1.807, 2.05) is 95.4 Å². The predicted octanol–water partition coefficient (Wildman–Crippen LogP) is 3.97. The average molecular weight is 419 g/mol. The summed E-state index contributed by atoms with van der Waals surface area (Å²) in [6, 6.07) is 7.66. The Labute approximate surface area is 179 Å². The number of hydrogen-bond acceptors (Lipinski definition) is 3. The number of rotatable bonds is 1. The average Bonchev–Trinajstić information content (AvgIpc) is 3.43. The molecule has 0 unspecified atom stereocenters. The molecule has 2 saturated carbocycles. The van der Waals surface area contributed by atoms with Gasteiger partial charge in [0.25, 0.3) is 5.91 Å². The van der Waals surface area contributed by atoms with E-state index in [1.54, 1.807) is 0 Å². The molecule has 6 heteroatoms. The van der Waals surface area contributed by atoms with Crippen molar-refractivity contribution < 1.29 is 24.2 Å². The Morgan fingerprint density at radius 2 is 1.42 bits per heavy atom. The Balaban J connectivity index is 0.000000230. The van der Waals surface area contributed by atoms with Crippen LogP contribution in [0.25, 0.3) is 0 Å². The molecular weight excluding hydrogens is 400 g/mol. The molecule has 3 nitrogen and oxygen atoms in total. The molecule has 3 aliphatic rings. The van der Waals surface area contributed by atoms with Crippen LogP contribution in [0, 0.1) is 71.1 Å². The molecular formula is C20H19ClN2OSTi+2. The van der Waals surface area contributed by atoms with Gasteiger partial charge < -0.3 is 12.6 Å². The van der Waals surface area contributed by atoms with Crippen molar-refractivity contribution >= 4 is 38.7 Å². The van der Waals surface area contributed by atoms with Crippen molar-refractivity contribution in [2.75, 3.05) is 11.4 Å². The molecule has 2 fully saturated rings. The fraction of sp³-hybridized carbons (Fsp3) is 0.100. The molecule has 10 radical (unpaired) electrons. The molecule has 0 saturated heterocycles. The maximum absolute atomic E-state index is 11.4. The summed E-state index contributed by atoms with van der Waals surface area (Å²) in [6.45, 7) is 2.15. The van der Waals surface area contributed by atoms with Gasteiger partial charge in [-0.25, -0.2) is 0 Å². The van der Waals surface area contributed by atoms with Crippen molar-refractivity contribution in [1.82, 2.24) is 0 Å². The summed E-state index contributed by atoms with van der Waals surface area (Å²) in [6.07, 6.45) is 20.0. The number of carbonyl (C=O) groups is 1. The Bertz CT molecular complexity index is 535. The number of amides is 1. The van der Waals surface area contributed by atoms with Crippen molar-refractivity contribution in [3.63, 3.8) is 0 Å². The van der Waals surface area contributed by atoms with Crippen LogP contribution in [-0.2, 0) is 36.8 Å². The Morgan fingerprint density at radius 1 is 0.962 bits per heavy atom. The number of hydrogen-bond donors (Lipinski definition) is 0. The summed E-state index contributed by atoms with van der Waals surface area (Å²) in [4.78, 5) is 16.8. The van der Waals surface area contributed by atoms with E-state index >= 15 is 0 Å². The normalized spacial score (nSPS) is 18.1. The molecule has 0 spiro atoms. The van der Waals surface area contributed by atoms with E-state index in [4.69, 9.17) is 12.6 Å². The van der Waals surface area contributed by atoms with Crippen molar-refractivity contribution in [2.24, 2.45) is 4.99 Å². The molecule has 0 N–H and O–H groups in total. The molecule has 1 aromatic rings. The van der Waals surface area contributed by atoms with E-state index in [0.29, 0.717) is 5.17 Å². The van der Waals surface area contributed by atoms with E-state index in [2.05, 4.69) is 14.3 Å². The van der Waals surface area contributed by atoms with Gasteiger partial charge in [0.1, 0.15) is 6.54 Å². The third-order valence-electron chi connectivity index (χ3n) is 3.16. The van der Waals surface area contributed by atoms with Gasteiger partial charge >= 0.3 is 28.7 Å². The molecule has 1 aromatic carbocycles. The number of aliphatic imine (C=N–C) groups is 1. The van der Waals surface area contributed by atoms with Crippen LogP contribution in [0.1, 0.15) is 5.56 Å². The van der Waals surface area contributed by atoms with Crippen molar-refractivity contribution in [1.29, 1.82) is 0 Å². The number of carbonyl (C=O) groups excluding carboxylic acids is 1. The molecule has 1 amide bonds. The fourth-order valence-electron chi connectivity index (χ4n) is 2.05. The van der Waals surface area contributed by atoms with Crippen molar-refractivity contribution in [3.8, 4) is 0 Å². The van der Waals surface area contributed by atoms with E-state index < -0.39 is 0 Å². The van der Waals surface area contributed by atoms with Gasteiger partial charge in [0, 0.05) is 5.69 Å². The topological polar surface area (TPSA) is 32.7 Å². The SMILES string of the molecule is Cc1cccc(N2C(=O)CN=C2[S-])c1.[CH]1[CH][CH][CH][CH]1.[CH]1[CH][CH][CH][CH]1.[Cl][Ti+3]. The predicted molar refractivity (Wildman–Crippen MR) is 107 cm³/mol. The molecule has 0 bridgehead atoms. The minimum absolute atomic E-state index is 0.0550. The first-order chi connectivity index (χ1) is 12.7. The summed E-state index contributed by atoms with van der Waals surface area (Å²) in [7, 11) is 4.64. The molecule has 26 heavy (non-hydrogen) atoms. The van der Waals surface area contributed by atoms with E-state index in [0.717, 1.165) is 11.3 Å². The summed E-state index contributed by atoms with van der Waals surface area (Å²) in [5, 5.41) is 0.362. The van der Waals surface area contributed by atoms with Gasteiger partial charge in [0.05, 0.1) is 0 Å². The van der Waals surface area contributed by atoms with Crippen molar-refractivity contribution in [2.45, 2.75) is 6.92 Å². The summed E-state index contributed by atoms with van der Waals surface area (Å²) >= 11 is 6.45. The minimum atomic E-state index is -0.0550. The third-order valence-corrected chi connectivity index (χ3v) is 3.47. The van der Waals surface area contributed by atoms with Crippen LogP contribution in [0.3, 0.4) is 0 Å². The number of aryl methyl sites for hydroxylation is 1. The zero-order valence-corrected chi connectivity index (χ0v) is 17.5. The maximum atomic E-state index is 11.4. The zero-order valence-electron chi connectivity index (χ0n) is 14.4. The molecule has 1 aliphatic heterocycles. The van der Waals surface area contributed by atoms with E-state index in [1.165, 1.54) is 24.3 Å². The van der Waals surface area contributed by atoms with Crippen molar-refractivity contribution in [3.05, 3.63) is 94.0 Å². The first-order valence-electron chi connectivity index (χ1n) is 7.82. The summed E-state index contributed by atoms with van der Waals surface area (Å²) < 4.78 is 0. The molecule has 0 atom stereocenters. The fourth-order valence-corrected chi connectivity index (χ4v) is 2.32. The van der Waals surface area contributed by atoms with Gasteiger partial charge in [0.2, 0.25) is 0 Å². The molecule has 2 aliphatic carbocycles. The quantitative estimate of drug-likeness (QED) is 0.510. The number of halogens is 1. The molecule has 1 heterocycles. The molecule has 130 valence electrons. The number of amidine groups is 1.